The lowest BCUT2D eigenvalue weighted by Gasteiger charge is -2.40. The highest BCUT2D eigenvalue weighted by atomic mass is 16.5. The number of ether oxygens (including phenoxy) is 1. The van der Waals surface area contributed by atoms with Crippen LogP contribution in [0, 0.1) is 0 Å². The zero-order valence-corrected chi connectivity index (χ0v) is 16.4. The molecule has 30 heavy (non-hydrogen) atoms. The van der Waals surface area contributed by atoms with Crippen LogP contribution in [-0.4, -0.2) is 56.6 Å². The van der Waals surface area contributed by atoms with E-state index in [0.717, 1.165) is 22.3 Å². The van der Waals surface area contributed by atoms with Crippen LogP contribution in [0.2, 0.25) is 0 Å². The summed E-state index contributed by atoms with van der Waals surface area (Å²) in [6, 6.07) is 19.9. The van der Waals surface area contributed by atoms with E-state index < -0.39 is 37.1 Å². The Balaban J connectivity index is 1.66. The van der Waals surface area contributed by atoms with Gasteiger partial charge in [0, 0.05) is 0 Å². The molecule has 0 amide bonds. The smallest absolute Gasteiger partial charge is 0.113 e. The van der Waals surface area contributed by atoms with Crippen LogP contribution in [0.5, 0.6) is 0 Å². The molecule has 0 spiro atoms. The second kappa shape index (κ2) is 8.81. The average Bonchev–Trinajstić information content (AvgIpc) is 3.00. The van der Waals surface area contributed by atoms with E-state index in [1.165, 1.54) is 0 Å². The van der Waals surface area contributed by atoms with Gasteiger partial charge < -0.3 is 30.3 Å². The molecule has 158 valence electrons. The molecule has 1 saturated heterocycles. The first-order chi connectivity index (χ1) is 14.5. The summed E-state index contributed by atoms with van der Waals surface area (Å²) in [6.45, 7) is -0.755. The lowest BCUT2D eigenvalue weighted by molar-refractivity contribution is -0.232. The van der Waals surface area contributed by atoms with Crippen LogP contribution in [-0.2, 0) is 17.8 Å². The third kappa shape index (κ3) is 3.98. The van der Waals surface area contributed by atoms with E-state index in [2.05, 4.69) is 24.3 Å². The summed E-state index contributed by atoms with van der Waals surface area (Å²) in [5, 5.41) is 49.9. The zero-order valence-electron chi connectivity index (χ0n) is 16.4. The van der Waals surface area contributed by atoms with Crippen molar-refractivity contribution in [2.75, 3.05) is 6.61 Å². The number of hydrogen-bond donors (Lipinski definition) is 5. The number of hydrogen-bond acceptors (Lipinski definition) is 6. The van der Waals surface area contributed by atoms with E-state index in [1.807, 2.05) is 30.3 Å². The van der Waals surface area contributed by atoms with Gasteiger partial charge in [-0.15, -0.1) is 0 Å². The van der Waals surface area contributed by atoms with Gasteiger partial charge in [-0.1, -0.05) is 60.7 Å². The van der Waals surface area contributed by atoms with Crippen LogP contribution in [0.3, 0.4) is 0 Å². The van der Waals surface area contributed by atoms with Crippen LogP contribution in [0.1, 0.15) is 28.4 Å². The molecule has 2 aliphatic carbocycles. The Hall–Kier alpha value is -2.32. The van der Waals surface area contributed by atoms with Crippen molar-refractivity contribution in [3.05, 3.63) is 82.9 Å². The average molecular weight is 410 g/mol. The highest BCUT2D eigenvalue weighted by Gasteiger charge is 2.44. The quantitative estimate of drug-likeness (QED) is 0.435. The Kier molecular flexibility index (Phi) is 6.15. The van der Waals surface area contributed by atoms with Gasteiger partial charge in [-0.25, -0.2) is 0 Å². The van der Waals surface area contributed by atoms with E-state index in [0.29, 0.717) is 17.5 Å². The first-order valence-corrected chi connectivity index (χ1v) is 10.0. The Morgan fingerprint density at radius 3 is 2.07 bits per heavy atom. The van der Waals surface area contributed by atoms with Crippen molar-refractivity contribution < 1.29 is 30.3 Å². The molecular weight excluding hydrogens is 384 g/mol. The van der Waals surface area contributed by atoms with Crippen molar-refractivity contribution >= 4 is 0 Å². The third-order valence-corrected chi connectivity index (χ3v) is 5.78. The van der Waals surface area contributed by atoms with E-state index in [1.54, 1.807) is 6.07 Å². The number of fused-ring (bicyclic) bond motifs is 1. The minimum atomic E-state index is -1.46. The Labute approximate surface area is 175 Å². The Morgan fingerprint density at radius 2 is 1.43 bits per heavy atom. The lowest BCUT2D eigenvalue weighted by atomic mass is 9.88. The Morgan fingerprint density at radius 1 is 0.733 bits per heavy atom. The summed E-state index contributed by atoms with van der Waals surface area (Å²) < 4.78 is 5.70. The molecule has 0 radical (unpaired) electrons. The van der Waals surface area contributed by atoms with E-state index >= 15 is 0 Å². The number of aliphatic hydroxyl groups is 5. The molecule has 1 aliphatic heterocycles. The molecule has 4 rings (SSSR count). The minimum absolute atomic E-state index is 0.263. The van der Waals surface area contributed by atoms with Crippen LogP contribution < -0.4 is 0 Å². The molecule has 0 aromatic heterocycles. The summed E-state index contributed by atoms with van der Waals surface area (Å²) in [5.41, 5.74) is 5.48. The maximum Gasteiger partial charge on any atom is 0.113 e. The standard InChI is InChI=1S/C24H26O6/c25-12-18-7-6-14(8-15-9-16-4-2-1-3-5-17(16)10-15)11-19(18)24-23(29)22(28)21(27)20(13-26)30-24/h1-7,9-11,20-29H,8,12-13H2/t20-,21-,22+,23-,24+/m1/s1. The van der Waals surface area contributed by atoms with Gasteiger partial charge in [0.05, 0.1) is 13.2 Å². The van der Waals surface area contributed by atoms with Crippen LogP contribution in [0.25, 0.3) is 11.1 Å². The van der Waals surface area contributed by atoms with Gasteiger partial charge in [-0.05, 0) is 39.8 Å². The molecule has 0 saturated carbocycles. The van der Waals surface area contributed by atoms with Crippen molar-refractivity contribution in [2.24, 2.45) is 0 Å². The number of aliphatic hydroxyl groups excluding tert-OH is 5. The molecular formula is C24H26O6. The molecule has 1 aromatic carbocycles. The van der Waals surface area contributed by atoms with E-state index in [4.69, 9.17) is 4.74 Å². The van der Waals surface area contributed by atoms with Crippen molar-refractivity contribution in [3.8, 4) is 11.1 Å². The third-order valence-electron chi connectivity index (χ3n) is 5.78. The maximum atomic E-state index is 10.5. The van der Waals surface area contributed by atoms with E-state index in [9.17, 15) is 25.5 Å². The SMILES string of the molecule is OCc1ccc(Cc2cc3cccccc-3c2)cc1[C@@H]1O[C@H](CO)[C@@H](O)[C@H](O)[C@H]1O. The van der Waals surface area contributed by atoms with Gasteiger partial charge in [0.1, 0.15) is 30.5 Å². The molecule has 1 aromatic rings. The Bertz CT molecular complexity index is 941. The maximum absolute atomic E-state index is 10.5. The summed E-state index contributed by atoms with van der Waals surface area (Å²) in [5.74, 6) is 0. The van der Waals surface area contributed by atoms with Gasteiger partial charge in [-0.3, -0.25) is 0 Å². The molecule has 0 unspecified atom stereocenters. The fraction of sp³-hybridized carbons (Fsp3) is 0.333. The first-order valence-electron chi connectivity index (χ1n) is 10.0. The van der Waals surface area contributed by atoms with Crippen LogP contribution in [0.4, 0.5) is 0 Å². The van der Waals surface area contributed by atoms with Gasteiger partial charge in [0.15, 0.2) is 0 Å². The second-order valence-corrected chi connectivity index (χ2v) is 7.80. The monoisotopic (exact) mass is 410 g/mol. The van der Waals surface area contributed by atoms with Gasteiger partial charge in [0.25, 0.3) is 0 Å². The summed E-state index contributed by atoms with van der Waals surface area (Å²) >= 11 is 0. The molecule has 6 heteroatoms. The molecule has 5 N–H and O–H groups in total. The lowest BCUT2D eigenvalue weighted by Crippen LogP contribution is -2.55. The van der Waals surface area contributed by atoms with Crippen molar-refractivity contribution in [3.63, 3.8) is 0 Å². The van der Waals surface area contributed by atoms with Gasteiger partial charge >= 0.3 is 0 Å². The molecule has 6 nitrogen and oxygen atoms in total. The van der Waals surface area contributed by atoms with Crippen molar-refractivity contribution in [1.29, 1.82) is 0 Å². The van der Waals surface area contributed by atoms with Crippen LogP contribution >= 0.6 is 0 Å². The summed E-state index contributed by atoms with van der Waals surface area (Å²) in [4.78, 5) is 0. The largest absolute Gasteiger partial charge is 0.394 e. The van der Waals surface area contributed by atoms with Gasteiger partial charge in [0.2, 0.25) is 0 Å². The van der Waals surface area contributed by atoms with Crippen LogP contribution in [0.15, 0.2) is 60.7 Å². The normalized spacial score (nSPS) is 26.8. The van der Waals surface area contributed by atoms with E-state index in [-0.39, 0.29) is 6.61 Å². The predicted molar refractivity (Wildman–Crippen MR) is 111 cm³/mol. The number of rotatable bonds is 5. The summed E-state index contributed by atoms with van der Waals surface area (Å²) in [7, 11) is 0. The van der Waals surface area contributed by atoms with Crippen molar-refractivity contribution in [2.45, 2.75) is 43.5 Å². The fourth-order valence-corrected chi connectivity index (χ4v) is 4.14. The summed E-state index contributed by atoms with van der Waals surface area (Å²) in [6.07, 6.45) is -5.58. The highest BCUT2D eigenvalue weighted by Crippen LogP contribution is 2.35. The van der Waals surface area contributed by atoms with Gasteiger partial charge in [-0.2, -0.15) is 0 Å². The zero-order chi connectivity index (χ0) is 21.3. The first kappa shape index (κ1) is 20.9. The highest BCUT2D eigenvalue weighted by molar-refractivity contribution is 5.68. The molecule has 0 bridgehead atoms. The molecule has 1 heterocycles. The second-order valence-electron chi connectivity index (χ2n) is 7.80. The topological polar surface area (TPSA) is 110 Å². The molecule has 5 atom stereocenters. The molecule has 1 fully saturated rings. The van der Waals surface area contributed by atoms with Crippen molar-refractivity contribution in [1.82, 2.24) is 0 Å². The minimum Gasteiger partial charge on any atom is -0.394 e. The fourth-order valence-electron chi connectivity index (χ4n) is 4.14. The number of benzene rings is 1. The molecule has 3 aliphatic rings. The predicted octanol–water partition coefficient (Wildman–Crippen LogP) is 1.39.